The van der Waals surface area contributed by atoms with E-state index < -0.39 is 5.97 Å². The Morgan fingerprint density at radius 3 is 2.66 bits per heavy atom. The number of carboxylic acid groups (broad SMARTS) is 1. The van der Waals surface area contributed by atoms with Gasteiger partial charge in [-0.1, -0.05) is 18.2 Å². The number of rotatable bonds is 6. The largest absolute Gasteiger partial charge is 0.481 e. The maximum absolute atomic E-state index is 13.5. The number of hydrogen-bond donors (Lipinski definition) is 2. The summed E-state index contributed by atoms with van der Waals surface area (Å²) >= 11 is 0. The fraction of sp³-hybridized carbons (Fsp3) is 0.321. The van der Waals surface area contributed by atoms with Gasteiger partial charge in [-0.2, -0.15) is 0 Å². The number of amides is 1. The van der Waals surface area contributed by atoms with Crippen LogP contribution in [0.1, 0.15) is 48.7 Å². The zero-order valence-electron chi connectivity index (χ0n) is 19.6. The van der Waals surface area contributed by atoms with E-state index in [1.807, 2.05) is 54.1 Å². The molecule has 1 amide bonds. The zero-order valence-corrected chi connectivity index (χ0v) is 19.6. The number of fused-ring (bicyclic) bond motifs is 2. The van der Waals surface area contributed by atoms with Gasteiger partial charge in [0.1, 0.15) is 5.82 Å². The van der Waals surface area contributed by atoms with Crippen LogP contribution in [0.25, 0.3) is 21.8 Å². The monoisotopic (exact) mass is 473 g/mol. The Bertz CT molecular complexity index is 1410. The molecule has 0 spiro atoms. The fourth-order valence-corrected chi connectivity index (χ4v) is 5.25. The summed E-state index contributed by atoms with van der Waals surface area (Å²) in [4.78, 5) is 29.2. The second kappa shape index (κ2) is 9.49. The summed E-state index contributed by atoms with van der Waals surface area (Å²) in [6.45, 7) is 2.49. The number of hydrogen-bond acceptors (Lipinski definition) is 3. The van der Waals surface area contributed by atoms with Crippen LogP contribution in [0.2, 0.25) is 0 Å². The first-order valence-electron chi connectivity index (χ1n) is 12.1. The van der Waals surface area contributed by atoms with Crippen LogP contribution in [0.3, 0.4) is 0 Å². The maximum Gasteiger partial charge on any atom is 0.306 e. The maximum atomic E-state index is 13.5. The van der Waals surface area contributed by atoms with Crippen molar-refractivity contribution in [3.8, 4) is 0 Å². The third-order valence-electron chi connectivity index (χ3n) is 7.26. The van der Waals surface area contributed by atoms with Crippen LogP contribution in [-0.4, -0.2) is 32.6 Å². The molecule has 1 atom stereocenters. The van der Waals surface area contributed by atoms with Crippen molar-refractivity contribution in [1.29, 1.82) is 0 Å². The Morgan fingerprint density at radius 1 is 1.09 bits per heavy atom. The van der Waals surface area contributed by atoms with Crippen molar-refractivity contribution >= 4 is 33.7 Å². The molecule has 2 aromatic heterocycles. The molecule has 1 aliphatic rings. The SMILES string of the molecule is CC(NC(=O)c1cccc2ccn(Cc3ccc4cc(F)ccc4n3)c12)C1CCC(C(=O)O)CC1. The number of carboxylic acids is 1. The molecule has 5 rings (SSSR count). The van der Waals surface area contributed by atoms with Crippen molar-refractivity contribution in [2.24, 2.45) is 11.8 Å². The van der Waals surface area contributed by atoms with Crippen LogP contribution in [-0.2, 0) is 11.3 Å². The molecule has 2 N–H and O–H groups in total. The van der Waals surface area contributed by atoms with Gasteiger partial charge in [0.05, 0.1) is 34.8 Å². The molecule has 0 saturated heterocycles. The van der Waals surface area contributed by atoms with Crippen molar-refractivity contribution in [3.63, 3.8) is 0 Å². The van der Waals surface area contributed by atoms with Gasteiger partial charge in [-0.25, -0.2) is 4.39 Å². The number of halogens is 1. The summed E-state index contributed by atoms with van der Waals surface area (Å²) in [6, 6.07) is 15.9. The Labute approximate surface area is 202 Å². The average Bonchev–Trinajstić information content (AvgIpc) is 3.27. The predicted octanol–water partition coefficient (Wildman–Crippen LogP) is 5.39. The molecule has 1 aliphatic carbocycles. The molecule has 1 unspecified atom stereocenters. The van der Waals surface area contributed by atoms with Crippen LogP contribution >= 0.6 is 0 Å². The molecule has 0 aliphatic heterocycles. The smallest absolute Gasteiger partial charge is 0.306 e. The molecule has 4 aromatic rings. The summed E-state index contributed by atoms with van der Waals surface area (Å²) in [5.74, 6) is -1.14. The first-order valence-corrected chi connectivity index (χ1v) is 12.1. The van der Waals surface area contributed by atoms with Crippen LogP contribution in [0.5, 0.6) is 0 Å². The standard InChI is InChI=1S/C28H28FN3O3/c1-17(18-5-7-20(8-6-18)28(34)35)30-27(33)24-4-2-3-19-13-14-32(26(19)24)16-23-11-9-21-15-22(29)10-12-25(21)31-23/h2-4,9-15,17-18,20H,5-8,16H2,1H3,(H,30,33)(H,34,35). The highest BCUT2D eigenvalue weighted by Crippen LogP contribution is 2.31. The lowest BCUT2D eigenvalue weighted by Gasteiger charge is -2.31. The number of para-hydroxylation sites is 1. The third kappa shape index (κ3) is 4.76. The Kier molecular flexibility index (Phi) is 6.24. The molecule has 35 heavy (non-hydrogen) atoms. The predicted molar refractivity (Wildman–Crippen MR) is 133 cm³/mol. The van der Waals surface area contributed by atoms with Crippen LogP contribution in [0.15, 0.2) is 60.8 Å². The number of nitrogens with zero attached hydrogens (tertiary/aromatic N) is 2. The minimum absolute atomic E-state index is 0.0431. The average molecular weight is 474 g/mol. The molecule has 0 bridgehead atoms. The normalized spacial score (nSPS) is 19.0. The number of carbonyl (C=O) groups excluding carboxylic acids is 1. The van der Waals surface area contributed by atoms with Crippen LogP contribution in [0.4, 0.5) is 4.39 Å². The highest BCUT2D eigenvalue weighted by Gasteiger charge is 2.29. The van der Waals surface area contributed by atoms with Gasteiger partial charge in [-0.3, -0.25) is 14.6 Å². The molecule has 180 valence electrons. The minimum Gasteiger partial charge on any atom is -0.481 e. The summed E-state index contributed by atoms with van der Waals surface area (Å²) in [5.41, 5.74) is 2.99. The molecule has 7 heteroatoms. The zero-order chi connectivity index (χ0) is 24.5. The van der Waals surface area contributed by atoms with Crippen molar-refractivity contribution in [2.45, 2.75) is 45.2 Å². The Hall–Kier alpha value is -3.74. The number of nitrogens with one attached hydrogen (secondary N) is 1. The van der Waals surface area contributed by atoms with E-state index in [0.29, 0.717) is 24.9 Å². The number of benzene rings is 2. The van der Waals surface area contributed by atoms with Crippen molar-refractivity contribution in [2.75, 3.05) is 0 Å². The van der Waals surface area contributed by atoms with E-state index in [1.54, 1.807) is 6.07 Å². The van der Waals surface area contributed by atoms with E-state index in [1.165, 1.54) is 12.1 Å². The van der Waals surface area contributed by atoms with Gasteiger partial charge >= 0.3 is 5.97 Å². The molecule has 1 fully saturated rings. The van der Waals surface area contributed by atoms with Crippen molar-refractivity contribution in [1.82, 2.24) is 14.9 Å². The summed E-state index contributed by atoms with van der Waals surface area (Å²) in [7, 11) is 0. The lowest BCUT2D eigenvalue weighted by Crippen LogP contribution is -2.40. The molecular weight excluding hydrogens is 445 g/mol. The van der Waals surface area contributed by atoms with E-state index in [-0.39, 0.29) is 29.6 Å². The lowest BCUT2D eigenvalue weighted by atomic mass is 9.79. The van der Waals surface area contributed by atoms with E-state index in [4.69, 9.17) is 0 Å². The highest BCUT2D eigenvalue weighted by atomic mass is 19.1. The first-order chi connectivity index (χ1) is 16.9. The van der Waals surface area contributed by atoms with Gasteiger partial charge in [0, 0.05) is 23.0 Å². The minimum atomic E-state index is -0.722. The number of carbonyl (C=O) groups is 2. The first kappa shape index (κ1) is 23.0. The van der Waals surface area contributed by atoms with Gasteiger partial charge in [-0.05, 0) is 74.9 Å². The van der Waals surface area contributed by atoms with Crippen molar-refractivity contribution < 1.29 is 19.1 Å². The van der Waals surface area contributed by atoms with Crippen LogP contribution < -0.4 is 5.32 Å². The summed E-state index contributed by atoms with van der Waals surface area (Å²) in [6.07, 6.45) is 4.87. The van der Waals surface area contributed by atoms with Gasteiger partial charge in [0.2, 0.25) is 0 Å². The van der Waals surface area contributed by atoms with E-state index >= 15 is 0 Å². The third-order valence-corrected chi connectivity index (χ3v) is 7.26. The van der Waals surface area contributed by atoms with E-state index in [2.05, 4.69) is 10.3 Å². The summed E-state index contributed by atoms with van der Waals surface area (Å²) in [5, 5.41) is 14.1. The van der Waals surface area contributed by atoms with Gasteiger partial charge in [0.25, 0.3) is 5.91 Å². The number of aromatic nitrogens is 2. The van der Waals surface area contributed by atoms with E-state index in [9.17, 15) is 19.1 Å². The Balaban J connectivity index is 1.36. The Morgan fingerprint density at radius 2 is 1.89 bits per heavy atom. The molecule has 6 nitrogen and oxygen atoms in total. The van der Waals surface area contributed by atoms with Gasteiger partial charge in [-0.15, -0.1) is 0 Å². The number of aliphatic carboxylic acids is 1. The highest BCUT2D eigenvalue weighted by molar-refractivity contribution is 6.06. The topological polar surface area (TPSA) is 84.2 Å². The second-order valence-corrected chi connectivity index (χ2v) is 9.54. The molecule has 2 aromatic carbocycles. The summed E-state index contributed by atoms with van der Waals surface area (Å²) < 4.78 is 15.5. The quantitative estimate of drug-likeness (QED) is 0.393. The lowest BCUT2D eigenvalue weighted by molar-refractivity contribution is -0.143. The second-order valence-electron chi connectivity index (χ2n) is 9.54. The van der Waals surface area contributed by atoms with Gasteiger partial charge in [0.15, 0.2) is 0 Å². The van der Waals surface area contributed by atoms with Crippen molar-refractivity contribution in [3.05, 3.63) is 77.9 Å². The fourth-order valence-electron chi connectivity index (χ4n) is 5.25. The van der Waals surface area contributed by atoms with E-state index in [0.717, 1.165) is 40.3 Å². The number of pyridine rings is 1. The molecule has 1 saturated carbocycles. The van der Waals surface area contributed by atoms with Crippen LogP contribution in [0, 0.1) is 17.7 Å². The molecular formula is C28H28FN3O3. The van der Waals surface area contributed by atoms with Gasteiger partial charge < -0.3 is 15.0 Å². The molecule has 0 radical (unpaired) electrons. The molecule has 2 heterocycles.